The van der Waals surface area contributed by atoms with E-state index < -0.39 is 5.60 Å². The van der Waals surface area contributed by atoms with Crippen molar-refractivity contribution in [3.8, 4) is 5.75 Å². The Bertz CT molecular complexity index is 597. The number of phenolic OH excluding ortho intramolecular Hbond substituents is 1. The summed E-state index contributed by atoms with van der Waals surface area (Å²) >= 11 is 0. The molecule has 3 nitrogen and oxygen atoms in total. The number of phenols is 1. The van der Waals surface area contributed by atoms with Crippen molar-refractivity contribution in [1.82, 2.24) is 4.90 Å². The van der Waals surface area contributed by atoms with Crippen LogP contribution in [0.15, 0.2) is 54.6 Å². The van der Waals surface area contributed by atoms with Crippen LogP contribution in [0.25, 0.3) is 0 Å². The molecule has 1 fully saturated rings. The highest BCUT2D eigenvalue weighted by Gasteiger charge is 2.34. The van der Waals surface area contributed by atoms with Gasteiger partial charge in [0, 0.05) is 13.1 Å². The first-order chi connectivity index (χ1) is 10.7. The number of nitrogens with zero attached hydrogens (tertiary/aromatic N) is 1. The van der Waals surface area contributed by atoms with Crippen LogP contribution in [0.4, 0.5) is 0 Å². The van der Waals surface area contributed by atoms with Crippen molar-refractivity contribution in [2.75, 3.05) is 19.6 Å². The minimum absolute atomic E-state index is 0.306. The molecule has 0 aliphatic carbocycles. The van der Waals surface area contributed by atoms with E-state index in [4.69, 9.17) is 0 Å². The van der Waals surface area contributed by atoms with Gasteiger partial charge < -0.3 is 10.2 Å². The van der Waals surface area contributed by atoms with E-state index in [0.717, 1.165) is 37.9 Å². The summed E-state index contributed by atoms with van der Waals surface area (Å²) in [5, 5.41) is 20.3. The molecule has 3 rings (SSSR count). The summed E-state index contributed by atoms with van der Waals surface area (Å²) in [4.78, 5) is 2.34. The van der Waals surface area contributed by atoms with E-state index >= 15 is 0 Å². The van der Waals surface area contributed by atoms with Crippen molar-refractivity contribution < 1.29 is 10.2 Å². The van der Waals surface area contributed by atoms with E-state index in [0.29, 0.717) is 12.3 Å². The van der Waals surface area contributed by atoms with Crippen LogP contribution >= 0.6 is 0 Å². The fourth-order valence-electron chi connectivity index (χ4n) is 3.25. The third-order valence-corrected chi connectivity index (χ3v) is 4.51. The number of benzene rings is 2. The summed E-state index contributed by atoms with van der Waals surface area (Å²) in [5.41, 5.74) is 1.50. The molecule has 0 amide bonds. The Balaban J connectivity index is 1.62. The zero-order valence-corrected chi connectivity index (χ0v) is 12.8. The Morgan fingerprint density at radius 3 is 2.45 bits per heavy atom. The van der Waals surface area contributed by atoms with Crippen LogP contribution in [-0.4, -0.2) is 34.7 Å². The number of rotatable bonds is 4. The summed E-state index contributed by atoms with van der Waals surface area (Å²) in [7, 11) is 0. The highest BCUT2D eigenvalue weighted by Crippen LogP contribution is 2.31. The van der Waals surface area contributed by atoms with Gasteiger partial charge in [-0.1, -0.05) is 42.5 Å². The highest BCUT2D eigenvalue weighted by molar-refractivity contribution is 5.26. The number of aliphatic hydroxyl groups is 1. The lowest BCUT2D eigenvalue weighted by Crippen LogP contribution is -2.46. The molecular weight excluding hydrogens is 274 g/mol. The molecule has 1 heterocycles. The molecule has 1 aliphatic rings. The number of likely N-dealkylation sites (tertiary alicyclic amines) is 1. The lowest BCUT2D eigenvalue weighted by Gasteiger charge is -2.39. The van der Waals surface area contributed by atoms with Gasteiger partial charge in [0.2, 0.25) is 0 Å². The van der Waals surface area contributed by atoms with E-state index in [2.05, 4.69) is 4.90 Å². The van der Waals surface area contributed by atoms with Gasteiger partial charge in [0.15, 0.2) is 0 Å². The Hall–Kier alpha value is -1.84. The van der Waals surface area contributed by atoms with Crippen molar-refractivity contribution in [3.63, 3.8) is 0 Å². The van der Waals surface area contributed by atoms with Gasteiger partial charge in [-0.05, 0) is 49.1 Å². The largest absolute Gasteiger partial charge is 0.508 e. The number of hydrogen-bond acceptors (Lipinski definition) is 3. The van der Waals surface area contributed by atoms with Crippen LogP contribution < -0.4 is 0 Å². The maximum atomic E-state index is 11.0. The summed E-state index contributed by atoms with van der Waals surface area (Å²) in [5.74, 6) is 0.306. The second kappa shape index (κ2) is 6.51. The predicted octanol–water partition coefficient (Wildman–Crippen LogP) is 2.92. The third-order valence-electron chi connectivity index (χ3n) is 4.51. The fraction of sp³-hybridized carbons (Fsp3) is 0.368. The third kappa shape index (κ3) is 3.49. The van der Waals surface area contributed by atoms with Gasteiger partial charge in [0.05, 0.1) is 0 Å². The minimum atomic E-state index is -0.728. The SMILES string of the molecule is Oc1ccc(CCN2CCCC(O)(c3ccccc3)C2)cc1. The Morgan fingerprint density at radius 1 is 1.00 bits per heavy atom. The molecule has 116 valence electrons. The maximum absolute atomic E-state index is 11.0. The van der Waals surface area contributed by atoms with Crippen molar-refractivity contribution in [3.05, 3.63) is 65.7 Å². The Morgan fingerprint density at radius 2 is 1.73 bits per heavy atom. The predicted molar refractivity (Wildman–Crippen MR) is 87.8 cm³/mol. The average molecular weight is 297 g/mol. The monoisotopic (exact) mass is 297 g/mol. The molecule has 0 spiro atoms. The molecule has 0 aromatic heterocycles. The molecule has 22 heavy (non-hydrogen) atoms. The smallest absolute Gasteiger partial charge is 0.115 e. The molecule has 0 bridgehead atoms. The number of β-amino-alcohol motifs (C(OH)–C–C–N with tert-alkyl or cyclic N) is 1. The first-order valence-electron chi connectivity index (χ1n) is 7.94. The van der Waals surface area contributed by atoms with Crippen molar-refractivity contribution >= 4 is 0 Å². The molecule has 1 saturated heterocycles. The highest BCUT2D eigenvalue weighted by atomic mass is 16.3. The number of hydrogen-bond donors (Lipinski definition) is 2. The van der Waals surface area contributed by atoms with E-state index in [9.17, 15) is 10.2 Å². The topological polar surface area (TPSA) is 43.7 Å². The zero-order chi connectivity index (χ0) is 15.4. The fourth-order valence-corrected chi connectivity index (χ4v) is 3.25. The van der Waals surface area contributed by atoms with Gasteiger partial charge in [0.1, 0.15) is 11.4 Å². The number of aromatic hydroxyl groups is 1. The van der Waals surface area contributed by atoms with E-state index in [-0.39, 0.29) is 0 Å². The van der Waals surface area contributed by atoms with Crippen LogP contribution in [0.2, 0.25) is 0 Å². The zero-order valence-electron chi connectivity index (χ0n) is 12.8. The normalized spacial score (nSPS) is 22.6. The van der Waals surface area contributed by atoms with Crippen molar-refractivity contribution in [1.29, 1.82) is 0 Å². The van der Waals surface area contributed by atoms with E-state index in [1.807, 2.05) is 42.5 Å². The van der Waals surface area contributed by atoms with Crippen LogP contribution in [-0.2, 0) is 12.0 Å². The van der Waals surface area contributed by atoms with Gasteiger partial charge in [-0.25, -0.2) is 0 Å². The molecule has 2 N–H and O–H groups in total. The lowest BCUT2D eigenvalue weighted by atomic mass is 9.85. The van der Waals surface area contributed by atoms with Gasteiger partial charge in [-0.2, -0.15) is 0 Å². The molecule has 2 aromatic carbocycles. The summed E-state index contributed by atoms with van der Waals surface area (Å²) in [6.45, 7) is 2.66. The molecule has 0 saturated carbocycles. The van der Waals surface area contributed by atoms with Gasteiger partial charge in [0.25, 0.3) is 0 Å². The molecule has 3 heteroatoms. The molecule has 2 aromatic rings. The first kappa shape index (κ1) is 15.1. The molecule has 1 aliphatic heterocycles. The molecular formula is C19H23NO2. The Labute approximate surface area is 131 Å². The molecule has 1 atom stereocenters. The second-order valence-electron chi connectivity index (χ2n) is 6.19. The van der Waals surface area contributed by atoms with Crippen LogP contribution in [0.5, 0.6) is 5.75 Å². The van der Waals surface area contributed by atoms with Crippen molar-refractivity contribution in [2.24, 2.45) is 0 Å². The maximum Gasteiger partial charge on any atom is 0.115 e. The van der Waals surface area contributed by atoms with Gasteiger partial charge in [-0.3, -0.25) is 4.90 Å². The second-order valence-corrected chi connectivity index (χ2v) is 6.19. The summed E-state index contributed by atoms with van der Waals surface area (Å²) in [6, 6.07) is 17.4. The van der Waals surface area contributed by atoms with Gasteiger partial charge >= 0.3 is 0 Å². The minimum Gasteiger partial charge on any atom is -0.508 e. The van der Waals surface area contributed by atoms with Gasteiger partial charge in [-0.15, -0.1) is 0 Å². The molecule has 0 radical (unpaired) electrons. The Kier molecular flexibility index (Phi) is 4.46. The summed E-state index contributed by atoms with van der Waals surface area (Å²) in [6.07, 6.45) is 2.78. The summed E-state index contributed by atoms with van der Waals surface area (Å²) < 4.78 is 0. The van der Waals surface area contributed by atoms with Crippen LogP contribution in [0, 0.1) is 0 Å². The van der Waals surface area contributed by atoms with Crippen LogP contribution in [0.3, 0.4) is 0 Å². The standard InChI is InChI=1S/C19H23NO2/c21-18-9-7-16(8-10-18)11-14-20-13-4-12-19(22,15-20)17-5-2-1-3-6-17/h1-3,5-10,21-22H,4,11-15H2. The average Bonchev–Trinajstić information content (AvgIpc) is 2.55. The van der Waals surface area contributed by atoms with Crippen molar-refractivity contribution in [2.45, 2.75) is 24.9 Å². The number of piperidine rings is 1. The van der Waals surface area contributed by atoms with E-state index in [1.54, 1.807) is 12.1 Å². The molecule has 1 unspecified atom stereocenters. The quantitative estimate of drug-likeness (QED) is 0.912. The van der Waals surface area contributed by atoms with Crippen LogP contribution in [0.1, 0.15) is 24.0 Å². The first-order valence-corrected chi connectivity index (χ1v) is 7.94. The van der Waals surface area contributed by atoms with E-state index in [1.165, 1.54) is 5.56 Å². The lowest BCUT2D eigenvalue weighted by molar-refractivity contribution is -0.0352.